The fourth-order valence-electron chi connectivity index (χ4n) is 2.53. The second-order valence-electron chi connectivity index (χ2n) is 6.17. The molecule has 0 saturated carbocycles. The van der Waals surface area contributed by atoms with E-state index in [0.717, 1.165) is 24.3 Å². The number of hydrogen-bond acceptors (Lipinski definition) is 3. The Kier molecular flexibility index (Phi) is 11.2. The second kappa shape index (κ2) is 13.0. The quantitative estimate of drug-likeness (QED) is 0.147. The summed E-state index contributed by atoms with van der Waals surface area (Å²) < 4.78 is 67.1. The molecule has 0 aliphatic carbocycles. The lowest BCUT2D eigenvalue weighted by molar-refractivity contribution is -0.137. The van der Waals surface area contributed by atoms with Crippen LogP contribution in [0.3, 0.4) is 0 Å². The van der Waals surface area contributed by atoms with E-state index in [-0.39, 0.29) is 54.9 Å². The minimum absolute atomic E-state index is 0. The molecule has 0 aliphatic heterocycles. The summed E-state index contributed by atoms with van der Waals surface area (Å²) in [5, 5.41) is 8.43. The van der Waals surface area contributed by atoms with E-state index in [4.69, 9.17) is 0 Å². The monoisotopic (exact) mass is 572 g/mol. The van der Waals surface area contributed by atoms with Crippen molar-refractivity contribution in [3.8, 4) is 5.75 Å². The summed E-state index contributed by atoms with van der Waals surface area (Å²) in [6.07, 6.45) is -4.46. The van der Waals surface area contributed by atoms with Gasteiger partial charge in [0.15, 0.2) is 5.96 Å². The van der Waals surface area contributed by atoms with Crippen LogP contribution >= 0.6 is 24.0 Å². The highest BCUT2D eigenvalue weighted by molar-refractivity contribution is 14.0. The molecule has 2 aromatic rings. The number of halogens is 6. The Bertz CT molecular complexity index is 892. The molecule has 1 amide bonds. The number of para-hydroxylation sites is 1. The van der Waals surface area contributed by atoms with E-state index in [1.54, 1.807) is 18.2 Å². The fourth-order valence-corrected chi connectivity index (χ4v) is 2.53. The van der Waals surface area contributed by atoms with Crippen molar-refractivity contribution in [1.29, 1.82) is 0 Å². The molecule has 0 heterocycles. The van der Waals surface area contributed by atoms with Gasteiger partial charge in [0.25, 0.3) is 5.91 Å². The van der Waals surface area contributed by atoms with Gasteiger partial charge in [-0.15, -0.1) is 24.0 Å². The maximum Gasteiger partial charge on any atom is 0.416 e. The first kappa shape index (κ1) is 27.4. The number of aliphatic imine (C=N–C) groups is 1. The molecule has 0 bridgehead atoms. The van der Waals surface area contributed by atoms with E-state index >= 15 is 0 Å². The van der Waals surface area contributed by atoms with Crippen LogP contribution in [0.5, 0.6) is 5.75 Å². The summed E-state index contributed by atoms with van der Waals surface area (Å²) in [5.41, 5.74) is -0.228. The van der Waals surface area contributed by atoms with Crippen LogP contribution in [-0.2, 0) is 12.7 Å². The van der Waals surface area contributed by atoms with E-state index < -0.39 is 24.3 Å². The average molecular weight is 572 g/mol. The molecule has 2 rings (SSSR count). The molecule has 6 nitrogen and oxygen atoms in total. The van der Waals surface area contributed by atoms with Crippen molar-refractivity contribution in [1.82, 2.24) is 16.0 Å². The second-order valence-corrected chi connectivity index (χ2v) is 6.17. The van der Waals surface area contributed by atoms with E-state index in [1.165, 1.54) is 13.1 Å². The van der Waals surface area contributed by atoms with Gasteiger partial charge in [0.2, 0.25) is 0 Å². The summed E-state index contributed by atoms with van der Waals surface area (Å²) in [4.78, 5) is 16.0. The summed E-state index contributed by atoms with van der Waals surface area (Å²) in [7, 11) is 1.51. The van der Waals surface area contributed by atoms with Gasteiger partial charge < -0.3 is 20.7 Å². The summed E-state index contributed by atoms with van der Waals surface area (Å²) in [6.45, 7) is -2.33. The molecule has 0 radical (unpaired) electrons. The number of benzene rings is 2. The number of amides is 1. The fraction of sp³-hybridized carbons (Fsp3) is 0.300. The number of nitrogens with zero attached hydrogens (tertiary/aromatic N) is 1. The van der Waals surface area contributed by atoms with Crippen LogP contribution in [0.2, 0.25) is 0 Å². The lowest BCUT2D eigenvalue weighted by Crippen LogP contribution is -2.41. The third kappa shape index (κ3) is 8.85. The minimum Gasteiger partial charge on any atom is -0.434 e. The molecule has 0 saturated heterocycles. The molecule has 0 fully saturated rings. The third-order valence-electron chi connectivity index (χ3n) is 4.04. The molecule has 0 spiro atoms. The van der Waals surface area contributed by atoms with Crippen molar-refractivity contribution < 1.29 is 31.5 Å². The Balaban J connectivity index is 0.00000512. The highest BCUT2D eigenvalue weighted by Gasteiger charge is 2.30. The molecule has 12 heteroatoms. The van der Waals surface area contributed by atoms with Crippen LogP contribution in [-0.4, -0.2) is 38.6 Å². The molecule has 176 valence electrons. The number of carbonyl (C=O) groups is 1. The number of ether oxygens (including phenoxy) is 1. The first-order valence-electron chi connectivity index (χ1n) is 9.13. The zero-order valence-corrected chi connectivity index (χ0v) is 19.2. The van der Waals surface area contributed by atoms with Gasteiger partial charge in [-0.1, -0.05) is 18.2 Å². The summed E-state index contributed by atoms with van der Waals surface area (Å²) in [5.74, 6) is -0.114. The van der Waals surface area contributed by atoms with E-state index in [9.17, 15) is 26.7 Å². The van der Waals surface area contributed by atoms with Crippen LogP contribution in [0.4, 0.5) is 22.0 Å². The maximum atomic E-state index is 12.6. The van der Waals surface area contributed by atoms with Gasteiger partial charge in [0, 0.05) is 37.8 Å². The van der Waals surface area contributed by atoms with Crippen molar-refractivity contribution >= 4 is 35.8 Å². The van der Waals surface area contributed by atoms with E-state index in [0.29, 0.717) is 11.5 Å². The smallest absolute Gasteiger partial charge is 0.416 e. The standard InChI is InChI=1S/C20H21F5N4O2.HI/c1-26-19(29-12-14-4-2-3-5-16(14)31-18(21)22)28-11-10-27-17(30)13-6-8-15(9-7-13)20(23,24)25;/h2-9,18H,10-12H2,1H3,(H,27,30)(H2,26,28,29);1H. The van der Waals surface area contributed by atoms with Gasteiger partial charge in [0.05, 0.1) is 5.56 Å². The maximum absolute atomic E-state index is 12.6. The minimum atomic E-state index is -4.46. The molecule has 0 aliphatic rings. The van der Waals surface area contributed by atoms with Crippen LogP contribution in [0.25, 0.3) is 0 Å². The molecular formula is C20H22F5IN4O2. The number of guanidine groups is 1. The molecule has 0 atom stereocenters. The van der Waals surface area contributed by atoms with Crippen molar-refractivity contribution in [3.05, 3.63) is 65.2 Å². The topological polar surface area (TPSA) is 74.8 Å². The number of carbonyl (C=O) groups excluding carboxylic acids is 1. The molecule has 32 heavy (non-hydrogen) atoms. The van der Waals surface area contributed by atoms with Gasteiger partial charge in [-0.3, -0.25) is 9.79 Å². The lowest BCUT2D eigenvalue weighted by Gasteiger charge is -2.14. The lowest BCUT2D eigenvalue weighted by atomic mass is 10.1. The first-order valence-corrected chi connectivity index (χ1v) is 9.13. The van der Waals surface area contributed by atoms with E-state index in [1.807, 2.05) is 0 Å². The highest BCUT2D eigenvalue weighted by atomic mass is 127. The Labute approximate surface area is 198 Å². The summed E-state index contributed by atoms with van der Waals surface area (Å²) in [6, 6.07) is 10.2. The zero-order valence-electron chi connectivity index (χ0n) is 16.9. The number of nitrogens with one attached hydrogen (secondary N) is 3. The van der Waals surface area contributed by atoms with Gasteiger partial charge in [0.1, 0.15) is 5.75 Å². The largest absolute Gasteiger partial charge is 0.434 e. The van der Waals surface area contributed by atoms with Gasteiger partial charge in [-0.2, -0.15) is 22.0 Å². The molecule has 0 unspecified atom stereocenters. The van der Waals surface area contributed by atoms with Gasteiger partial charge in [-0.25, -0.2) is 0 Å². The van der Waals surface area contributed by atoms with Crippen LogP contribution in [0, 0.1) is 0 Å². The number of alkyl halides is 5. The van der Waals surface area contributed by atoms with Crippen molar-refractivity contribution in [2.24, 2.45) is 4.99 Å². The zero-order chi connectivity index (χ0) is 22.9. The predicted octanol–water partition coefficient (Wildman–Crippen LogP) is 4.02. The SMILES string of the molecule is CN=C(NCCNC(=O)c1ccc(C(F)(F)F)cc1)NCc1ccccc1OC(F)F.I. The van der Waals surface area contributed by atoms with Gasteiger partial charge in [-0.05, 0) is 30.3 Å². The molecule has 2 aromatic carbocycles. The Morgan fingerprint density at radius 3 is 2.22 bits per heavy atom. The third-order valence-corrected chi connectivity index (χ3v) is 4.04. The average Bonchev–Trinajstić information content (AvgIpc) is 2.73. The predicted molar refractivity (Wildman–Crippen MR) is 120 cm³/mol. The van der Waals surface area contributed by atoms with Crippen LogP contribution in [0.15, 0.2) is 53.5 Å². The van der Waals surface area contributed by atoms with Crippen molar-refractivity contribution in [2.75, 3.05) is 20.1 Å². The Morgan fingerprint density at radius 2 is 1.62 bits per heavy atom. The normalized spacial score (nSPS) is 11.5. The van der Waals surface area contributed by atoms with Gasteiger partial charge >= 0.3 is 12.8 Å². The Hall–Kier alpha value is -2.64. The van der Waals surface area contributed by atoms with Crippen LogP contribution < -0.4 is 20.7 Å². The van der Waals surface area contributed by atoms with Crippen LogP contribution in [0.1, 0.15) is 21.5 Å². The molecular weight excluding hydrogens is 550 g/mol. The summed E-state index contributed by atoms with van der Waals surface area (Å²) >= 11 is 0. The van der Waals surface area contributed by atoms with E-state index in [2.05, 4.69) is 25.7 Å². The molecule has 3 N–H and O–H groups in total. The number of hydrogen-bond donors (Lipinski definition) is 3. The van der Waals surface area contributed by atoms with Crippen molar-refractivity contribution in [3.63, 3.8) is 0 Å². The molecule has 0 aromatic heterocycles. The number of rotatable bonds is 8. The first-order chi connectivity index (χ1) is 14.7. The highest BCUT2D eigenvalue weighted by Crippen LogP contribution is 2.29. The Morgan fingerprint density at radius 1 is 1.00 bits per heavy atom. The van der Waals surface area contributed by atoms with Crippen molar-refractivity contribution in [2.45, 2.75) is 19.3 Å².